The van der Waals surface area contributed by atoms with Crippen molar-refractivity contribution in [2.24, 2.45) is 5.73 Å². The van der Waals surface area contributed by atoms with Gasteiger partial charge in [-0.15, -0.1) is 0 Å². The van der Waals surface area contributed by atoms with E-state index in [1.807, 2.05) is 6.07 Å². The second-order valence-electron chi connectivity index (χ2n) is 4.45. The standard InChI is InChI=1S/C14H19ClN2O4/c15-12(10-6-2-1-3-7-10)21-14(20)17-11(13(18)19)8-4-5-9-16/h1-3,6-7,11-12H,4-5,8-9,16H2,(H,17,20)(H,18,19)/t11-,12?/m0/s1. The maximum atomic E-state index is 11.7. The monoisotopic (exact) mass is 314 g/mol. The van der Waals surface area contributed by atoms with E-state index < -0.39 is 23.7 Å². The highest BCUT2D eigenvalue weighted by Crippen LogP contribution is 2.21. The van der Waals surface area contributed by atoms with Crippen LogP contribution in [-0.4, -0.2) is 29.8 Å². The summed E-state index contributed by atoms with van der Waals surface area (Å²) in [5, 5.41) is 11.3. The summed E-state index contributed by atoms with van der Waals surface area (Å²) in [6.45, 7) is 0.481. The number of halogens is 1. The number of alkyl carbamates (subject to hydrolysis) is 1. The fourth-order valence-corrected chi connectivity index (χ4v) is 1.92. The van der Waals surface area contributed by atoms with Crippen molar-refractivity contribution in [1.82, 2.24) is 5.32 Å². The molecule has 0 spiro atoms. The molecule has 0 fully saturated rings. The summed E-state index contributed by atoms with van der Waals surface area (Å²) in [6.07, 6.45) is 0.735. The minimum Gasteiger partial charge on any atom is -0.480 e. The van der Waals surface area contributed by atoms with E-state index in [-0.39, 0.29) is 0 Å². The van der Waals surface area contributed by atoms with Crippen molar-refractivity contribution < 1.29 is 19.4 Å². The molecule has 1 aromatic carbocycles. The summed E-state index contributed by atoms with van der Waals surface area (Å²) in [6, 6.07) is 7.74. The third kappa shape index (κ3) is 6.46. The topological polar surface area (TPSA) is 102 Å². The molecule has 4 N–H and O–H groups in total. The number of amides is 1. The normalized spacial score (nSPS) is 13.2. The number of carboxylic acids is 1. The van der Waals surface area contributed by atoms with Crippen LogP contribution in [0.25, 0.3) is 0 Å². The first kappa shape index (κ1) is 17.3. The third-order valence-corrected chi connectivity index (χ3v) is 3.15. The molecule has 0 aliphatic carbocycles. The van der Waals surface area contributed by atoms with Gasteiger partial charge in [-0.25, -0.2) is 9.59 Å². The van der Waals surface area contributed by atoms with Crippen LogP contribution in [0, 0.1) is 0 Å². The van der Waals surface area contributed by atoms with Crippen LogP contribution in [0.15, 0.2) is 30.3 Å². The van der Waals surface area contributed by atoms with E-state index in [1.54, 1.807) is 24.3 Å². The molecule has 0 bridgehead atoms. The Morgan fingerprint density at radius 2 is 1.95 bits per heavy atom. The van der Waals surface area contributed by atoms with Crippen molar-refractivity contribution in [3.8, 4) is 0 Å². The van der Waals surface area contributed by atoms with Gasteiger partial charge in [-0.3, -0.25) is 0 Å². The van der Waals surface area contributed by atoms with Crippen molar-refractivity contribution in [2.45, 2.75) is 30.9 Å². The quantitative estimate of drug-likeness (QED) is 0.504. The highest BCUT2D eigenvalue weighted by Gasteiger charge is 2.22. The number of hydrogen-bond donors (Lipinski definition) is 3. The van der Waals surface area contributed by atoms with E-state index in [4.69, 9.17) is 27.2 Å². The lowest BCUT2D eigenvalue weighted by molar-refractivity contribution is -0.139. The van der Waals surface area contributed by atoms with Gasteiger partial charge in [0.15, 0.2) is 0 Å². The Balaban J connectivity index is 2.48. The molecule has 0 aliphatic rings. The Bertz CT molecular complexity index is 456. The van der Waals surface area contributed by atoms with Crippen molar-refractivity contribution in [3.63, 3.8) is 0 Å². The van der Waals surface area contributed by atoms with Gasteiger partial charge in [0.25, 0.3) is 0 Å². The number of nitrogens with one attached hydrogen (secondary N) is 1. The van der Waals surface area contributed by atoms with Gasteiger partial charge in [0.05, 0.1) is 0 Å². The number of alkyl halides is 1. The number of unbranched alkanes of at least 4 members (excludes halogenated alkanes) is 1. The summed E-state index contributed by atoms with van der Waals surface area (Å²) in [7, 11) is 0. The lowest BCUT2D eigenvalue weighted by Gasteiger charge is -2.16. The average molecular weight is 315 g/mol. The molecule has 0 aromatic heterocycles. The lowest BCUT2D eigenvalue weighted by atomic mass is 10.1. The van der Waals surface area contributed by atoms with Gasteiger partial charge in [0.2, 0.25) is 5.56 Å². The number of ether oxygens (including phenoxy) is 1. The number of aliphatic carboxylic acids is 1. The van der Waals surface area contributed by atoms with Crippen molar-refractivity contribution in [1.29, 1.82) is 0 Å². The second kappa shape index (κ2) is 9.20. The zero-order valence-electron chi connectivity index (χ0n) is 11.5. The second-order valence-corrected chi connectivity index (χ2v) is 4.85. The Labute approximate surface area is 128 Å². The Hall–Kier alpha value is -1.79. The molecule has 6 nitrogen and oxygen atoms in total. The van der Waals surface area contributed by atoms with Gasteiger partial charge in [-0.05, 0) is 25.8 Å². The van der Waals surface area contributed by atoms with Crippen LogP contribution >= 0.6 is 11.6 Å². The van der Waals surface area contributed by atoms with E-state index >= 15 is 0 Å². The first-order valence-electron chi connectivity index (χ1n) is 6.63. The van der Waals surface area contributed by atoms with Crippen molar-refractivity contribution in [2.75, 3.05) is 6.54 Å². The average Bonchev–Trinajstić information content (AvgIpc) is 2.47. The molecule has 0 saturated heterocycles. The van der Waals surface area contributed by atoms with E-state index in [2.05, 4.69) is 5.32 Å². The van der Waals surface area contributed by atoms with Gasteiger partial charge >= 0.3 is 12.1 Å². The summed E-state index contributed by atoms with van der Waals surface area (Å²) in [4.78, 5) is 22.7. The molecule has 1 unspecified atom stereocenters. The molecule has 1 rings (SSSR count). The minimum atomic E-state index is -1.12. The molecule has 0 aliphatic heterocycles. The molecule has 1 aromatic rings. The van der Waals surface area contributed by atoms with Crippen LogP contribution in [-0.2, 0) is 9.53 Å². The van der Waals surface area contributed by atoms with Gasteiger partial charge in [-0.1, -0.05) is 41.9 Å². The fraction of sp³-hybridized carbons (Fsp3) is 0.429. The number of nitrogens with two attached hydrogens (primary N) is 1. The van der Waals surface area contributed by atoms with E-state index in [9.17, 15) is 9.59 Å². The van der Waals surface area contributed by atoms with Crippen LogP contribution < -0.4 is 11.1 Å². The maximum Gasteiger partial charge on any atom is 0.409 e. The highest BCUT2D eigenvalue weighted by molar-refractivity contribution is 6.20. The largest absolute Gasteiger partial charge is 0.480 e. The first-order chi connectivity index (χ1) is 10.0. The molecule has 116 valence electrons. The lowest BCUT2D eigenvalue weighted by Crippen LogP contribution is -2.41. The summed E-state index contributed by atoms with van der Waals surface area (Å²) in [5.41, 5.74) is 4.99. The molecule has 2 atom stereocenters. The summed E-state index contributed by atoms with van der Waals surface area (Å²) in [5.74, 6) is -1.12. The molecule has 21 heavy (non-hydrogen) atoms. The fourth-order valence-electron chi connectivity index (χ4n) is 1.69. The SMILES string of the molecule is NCCCC[C@H](NC(=O)OC(Cl)c1ccccc1)C(=O)O. The molecular weight excluding hydrogens is 296 g/mol. The van der Waals surface area contributed by atoms with E-state index in [0.29, 0.717) is 31.4 Å². The molecule has 1 amide bonds. The van der Waals surface area contributed by atoms with E-state index in [1.165, 1.54) is 0 Å². The summed E-state index contributed by atoms with van der Waals surface area (Å²) < 4.78 is 4.95. The van der Waals surface area contributed by atoms with E-state index in [0.717, 1.165) is 0 Å². The molecule has 0 saturated carbocycles. The highest BCUT2D eigenvalue weighted by atomic mass is 35.5. The molecule has 0 heterocycles. The zero-order valence-corrected chi connectivity index (χ0v) is 12.3. The summed E-state index contributed by atoms with van der Waals surface area (Å²) >= 11 is 5.94. The Morgan fingerprint density at radius 3 is 2.52 bits per heavy atom. The predicted octanol–water partition coefficient (Wildman–Crippen LogP) is 2.23. The Kier molecular flexibility index (Phi) is 7.56. The smallest absolute Gasteiger partial charge is 0.409 e. The van der Waals surface area contributed by atoms with Gasteiger partial charge in [0.1, 0.15) is 6.04 Å². The minimum absolute atomic E-state index is 0.292. The van der Waals surface area contributed by atoms with Crippen molar-refractivity contribution in [3.05, 3.63) is 35.9 Å². The number of carbonyl (C=O) groups is 2. The zero-order chi connectivity index (χ0) is 15.7. The third-order valence-electron chi connectivity index (χ3n) is 2.81. The molecule has 7 heteroatoms. The predicted molar refractivity (Wildman–Crippen MR) is 79.0 cm³/mol. The Morgan fingerprint density at radius 1 is 1.29 bits per heavy atom. The van der Waals surface area contributed by atoms with Crippen molar-refractivity contribution >= 4 is 23.7 Å². The van der Waals surface area contributed by atoms with Gasteiger partial charge < -0.3 is 20.9 Å². The van der Waals surface area contributed by atoms with Crippen LogP contribution in [0.4, 0.5) is 4.79 Å². The van der Waals surface area contributed by atoms with Crippen LogP contribution in [0.2, 0.25) is 0 Å². The number of carbonyl (C=O) groups excluding carboxylic acids is 1. The van der Waals surface area contributed by atoms with Gasteiger partial charge in [0, 0.05) is 5.56 Å². The van der Waals surface area contributed by atoms with Crippen LogP contribution in [0.3, 0.4) is 0 Å². The molecule has 0 radical (unpaired) electrons. The number of rotatable bonds is 8. The number of hydrogen-bond acceptors (Lipinski definition) is 4. The number of benzene rings is 1. The maximum absolute atomic E-state index is 11.7. The van der Waals surface area contributed by atoms with Gasteiger partial charge in [-0.2, -0.15) is 0 Å². The first-order valence-corrected chi connectivity index (χ1v) is 7.07. The van der Waals surface area contributed by atoms with Crippen LogP contribution in [0.1, 0.15) is 30.4 Å². The number of carboxylic acid groups (broad SMARTS) is 1. The van der Waals surface area contributed by atoms with Crippen LogP contribution in [0.5, 0.6) is 0 Å². The molecular formula is C14H19ClN2O4.